The number of imidazole rings is 1. The van der Waals surface area contributed by atoms with Gasteiger partial charge in [-0.25, -0.2) is 18.4 Å². The van der Waals surface area contributed by atoms with E-state index in [0.717, 1.165) is 22.4 Å². The fourth-order valence-electron chi connectivity index (χ4n) is 2.30. The molecule has 3 rings (SSSR count). The van der Waals surface area contributed by atoms with Crippen molar-refractivity contribution in [3.8, 4) is 5.82 Å². The third-order valence-electron chi connectivity index (χ3n) is 3.49. The summed E-state index contributed by atoms with van der Waals surface area (Å²) in [5, 5.41) is 3.10. The molecule has 0 unspecified atom stereocenters. The van der Waals surface area contributed by atoms with Gasteiger partial charge in [-0.15, -0.1) is 0 Å². The minimum atomic E-state index is -2.92. The second-order valence-corrected chi connectivity index (χ2v) is 7.69. The molecule has 2 heterocycles. The van der Waals surface area contributed by atoms with Crippen molar-refractivity contribution >= 4 is 20.9 Å². The van der Waals surface area contributed by atoms with Crippen LogP contribution in [0.5, 0.6) is 0 Å². The van der Waals surface area contributed by atoms with Crippen LogP contribution in [0, 0.1) is 0 Å². The zero-order chi connectivity index (χ0) is 16.3. The first-order chi connectivity index (χ1) is 11.0. The van der Waals surface area contributed by atoms with E-state index in [1.54, 1.807) is 12.5 Å². The minimum Gasteiger partial charge on any atom is -0.312 e. The molecule has 3 aromatic rings. The lowest BCUT2D eigenvalue weighted by Gasteiger charge is -2.06. The lowest BCUT2D eigenvalue weighted by atomic mass is 10.2. The van der Waals surface area contributed by atoms with Crippen LogP contribution in [-0.4, -0.2) is 41.5 Å². The molecule has 0 bridgehead atoms. The van der Waals surface area contributed by atoms with Gasteiger partial charge in [-0.05, 0) is 23.8 Å². The molecule has 1 N–H and O–H groups in total. The van der Waals surface area contributed by atoms with Gasteiger partial charge >= 0.3 is 0 Å². The Labute approximate surface area is 135 Å². The number of sulfone groups is 1. The van der Waals surface area contributed by atoms with Crippen LogP contribution in [0.3, 0.4) is 0 Å². The summed E-state index contributed by atoms with van der Waals surface area (Å²) in [6.45, 7) is 1.03. The van der Waals surface area contributed by atoms with Crippen molar-refractivity contribution in [1.82, 2.24) is 19.9 Å². The molecular weight excluding hydrogens is 312 g/mol. The van der Waals surface area contributed by atoms with Gasteiger partial charge in [0.2, 0.25) is 0 Å². The normalized spacial score (nSPS) is 11.9. The average molecular weight is 330 g/mol. The first-order valence-corrected chi connectivity index (χ1v) is 9.35. The van der Waals surface area contributed by atoms with Crippen LogP contribution in [0.15, 0.2) is 48.9 Å². The predicted molar refractivity (Wildman–Crippen MR) is 90.3 cm³/mol. The average Bonchev–Trinajstić information content (AvgIpc) is 2.95. The Hall–Kier alpha value is -2.25. The Morgan fingerprint density at radius 1 is 1.13 bits per heavy atom. The molecule has 0 fully saturated rings. The van der Waals surface area contributed by atoms with Gasteiger partial charge in [-0.2, -0.15) is 0 Å². The van der Waals surface area contributed by atoms with Crippen molar-refractivity contribution in [2.45, 2.75) is 6.54 Å². The fourth-order valence-corrected chi connectivity index (χ4v) is 2.81. The summed E-state index contributed by atoms with van der Waals surface area (Å²) in [7, 11) is -2.92. The quantitative estimate of drug-likeness (QED) is 0.694. The molecule has 1 aromatic carbocycles. The number of benzene rings is 1. The molecule has 0 aliphatic heterocycles. The van der Waals surface area contributed by atoms with Gasteiger partial charge < -0.3 is 5.32 Å². The van der Waals surface area contributed by atoms with Crippen LogP contribution in [0.25, 0.3) is 16.9 Å². The SMILES string of the molecule is CS(=O)(=O)CCNCc1ccc(-n2cnc3ccccc32)nc1. The smallest absolute Gasteiger partial charge is 0.148 e. The highest BCUT2D eigenvalue weighted by Gasteiger charge is 2.05. The van der Waals surface area contributed by atoms with Crippen LogP contribution in [0.4, 0.5) is 0 Å². The number of para-hydroxylation sites is 2. The van der Waals surface area contributed by atoms with Crippen molar-refractivity contribution in [2.24, 2.45) is 0 Å². The van der Waals surface area contributed by atoms with Crippen LogP contribution < -0.4 is 5.32 Å². The number of rotatable bonds is 6. The number of pyridine rings is 1. The first kappa shape index (κ1) is 15.6. The molecule has 6 nitrogen and oxygen atoms in total. The van der Waals surface area contributed by atoms with E-state index in [2.05, 4.69) is 15.3 Å². The number of nitrogens with zero attached hydrogens (tertiary/aromatic N) is 3. The summed E-state index contributed by atoms with van der Waals surface area (Å²) in [6, 6.07) is 11.8. The summed E-state index contributed by atoms with van der Waals surface area (Å²) < 4.78 is 24.1. The molecule has 7 heteroatoms. The highest BCUT2D eigenvalue weighted by molar-refractivity contribution is 7.90. The fraction of sp³-hybridized carbons (Fsp3) is 0.250. The van der Waals surface area contributed by atoms with E-state index in [4.69, 9.17) is 0 Å². The summed E-state index contributed by atoms with van der Waals surface area (Å²) in [6.07, 6.45) is 4.79. The minimum absolute atomic E-state index is 0.138. The monoisotopic (exact) mass is 330 g/mol. The molecule has 120 valence electrons. The Balaban J connectivity index is 1.68. The molecule has 0 atom stereocenters. The molecule has 0 radical (unpaired) electrons. The first-order valence-electron chi connectivity index (χ1n) is 7.29. The summed E-state index contributed by atoms with van der Waals surface area (Å²) >= 11 is 0. The van der Waals surface area contributed by atoms with Crippen molar-refractivity contribution in [1.29, 1.82) is 0 Å². The largest absolute Gasteiger partial charge is 0.312 e. The van der Waals surface area contributed by atoms with Crippen molar-refractivity contribution in [3.05, 3.63) is 54.5 Å². The van der Waals surface area contributed by atoms with E-state index in [1.165, 1.54) is 6.26 Å². The van der Waals surface area contributed by atoms with E-state index in [9.17, 15) is 8.42 Å². The summed E-state index contributed by atoms with van der Waals surface area (Å²) in [5.74, 6) is 0.943. The van der Waals surface area contributed by atoms with Gasteiger partial charge in [0.25, 0.3) is 0 Å². The molecular formula is C16H18N4O2S. The number of hydrogen-bond donors (Lipinski definition) is 1. The Bertz CT molecular complexity index is 901. The Morgan fingerprint density at radius 2 is 1.96 bits per heavy atom. The highest BCUT2D eigenvalue weighted by Crippen LogP contribution is 2.16. The summed E-state index contributed by atoms with van der Waals surface area (Å²) in [4.78, 5) is 8.82. The Morgan fingerprint density at radius 3 is 2.70 bits per heavy atom. The topological polar surface area (TPSA) is 76.9 Å². The zero-order valence-electron chi connectivity index (χ0n) is 12.8. The van der Waals surface area contributed by atoms with Gasteiger partial charge in [-0.1, -0.05) is 18.2 Å². The van der Waals surface area contributed by atoms with E-state index < -0.39 is 9.84 Å². The van der Waals surface area contributed by atoms with Gasteiger partial charge in [0.05, 0.1) is 16.8 Å². The van der Waals surface area contributed by atoms with Crippen LogP contribution in [0.2, 0.25) is 0 Å². The molecule has 0 aliphatic carbocycles. The number of aromatic nitrogens is 3. The van der Waals surface area contributed by atoms with Gasteiger partial charge in [-0.3, -0.25) is 4.57 Å². The highest BCUT2D eigenvalue weighted by atomic mass is 32.2. The van der Waals surface area contributed by atoms with E-state index in [1.807, 2.05) is 41.0 Å². The molecule has 0 spiro atoms. The second kappa shape index (κ2) is 6.47. The van der Waals surface area contributed by atoms with Crippen LogP contribution in [-0.2, 0) is 16.4 Å². The maximum absolute atomic E-state index is 11.1. The van der Waals surface area contributed by atoms with E-state index in [-0.39, 0.29) is 5.75 Å². The third-order valence-corrected chi connectivity index (χ3v) is 4.43. The van der Waals surface area contributed by atoms with Crippen LogP contribution in [0.1, 0.15) is 5.56 Å². The van der Waals surface area contributed by atoms with Gasteiger partial charge in [0.15, 0.2) is 0 Å². The molecule has 0 aliphatic rings. The van der Waals surface area contributed by atoms with E-state index >= 15 is 0 Å². The number of fused-ring (bicyclic) bond motifs is 1. The molecule has 23 heavy (non-hydrogen) atoms. The lowest BCUT2D eigenvalue weighted by Crippen LogP contribution is -2.22. The predicted octanol–water partition coefficient (Wildman–Crippen LogP) is 1.55. The molecule has 0 saturated carbocycles. The standard InChI is InChI=1S/C16H18N4O2S/c1-23(21,22)9-8-17-10-13-6-7-16(18-11-13)20-12-19-14-4-2-3-5-15(14)20/h2-7,11-12,17H,8-10H2,1H3. The summed E-state index contributed by atoms with van der Waals surface area (Å²) in [5.41, 5.74) is 2.95. The van der Waals surface area contributed by atoms with Gasteiger partial charge in [0, 0.05) is 25.5 Å². The molecule has 0 amide bonds. The number of hydrogen-bond acceptors (Lipinski definition) is 5. The van der Waals surface area contributed by atoms with Crippen molar-refractivity contribution < 1.29 is 8.42 Å². The second-order valence-electron chi connectivity index (χ2n) is 5.43. The van der Waals surface area contributed by atoms with Crippen molar-refractivity contribution in [3.63, 3.8) is 0 Å². The van der Waals surface area contributed by atoms with Crippen LogP contribution >= 0.6 is 0 Å². The zero-order valence-corrected chi connectivity index (χ0v) is 13.6. The maximum Gasteiger partial charge on any atom is 0.148 e. The Kier molecular flexibility index (Phi) is 4.40. The number of nitrogens with one attached hydrogen (secondary N) is 1. The maximum atomic E-state index is 11.1. The lowest BCUT2D eigenvalue weighted by molar-refractivity contribution is 0.596. The molecule has 2 aromatic heterocycles. The molecule has 0 saturated heterocycles. The van der Waals surface area contributed by atoms with Crippen molar-refractivity contribution in [2.75, 3.05) is 18.6 Å². The van der Waals surface area contributed by atoms with E-state index in [0.29, 0.717) is 13.1 Å². The van der Waals surface area contributed by atoms with Gasteiger partial charge in [0.1, 0.15) is 22.0 Å². The third kappa shape index (κ3) is 3.94.